The second-order valence-corrected chi connectivity index (χ2v) is 2.84. The molecule has 0 spiro atoms. The van der Waals surface area contributed by atoms with Gasteiger partial charge in [0, 0.05) is 12.1 Å². The molecule has 0 aliphatic rings. The summed E-state index contributed by atoms with van der Waals surface area (Å²) in [5.74, 6) is -0.550. The summed E-state index contributed by atoms with van der Waals surface area (Å²) in [6.45, 7) is 0. The van der Waals surface area contributed by atoms with Crippen LogP contribution in [0.4, 0.5) is 0 Å². The summed E-state index contributed by atoms with van der Waals surface area (Å²) in [4.78, 5) is 10.6. The van der Waals surface area contributed by atoms with Gasteiger partial charge >= 0.3 is 5.97 Å². The molecule has 0 unspecified atom stereocenters. The molecule has 0 aromatic carbocycles. The number of hydrogen-bond donors (Lipinski definition) is 1. The van der Waals surface area contributed by atoms with Crippen molar-refractivity contribution in [3.63, 3.8) is 0 Å². The molecule has 2 rings (SSSR count). The number of hydrogen-bond acceptors (Lipinski definition) is 6. The van der Waals surface area contributed by atoms with Crippen molar-refractivity contribution in [2.45, 2.75) is 0 Å². The first-order chi connectivity index (χ1) is 7.70. The Morgan fingerprint density at radius 2 is 2.25 bits per heavy atom. The van der Waals surface area contributed by atoms with Crippen molar-refractivity contribution in [1.29, 1.82) is 0 Å². The van der Waals surface area contributed by atoms with E-state index in [0.29, 0.717) is 11.6 Å². The maximum Gasteiger partial charge on any atom is 0.358 e. The quantitative estimate of drug-likeness (QED) is 0.819. The van der Waals surface area contributed by atoms with Gasteiger partial charge in [-0.3, -0.25) is 0 Å². The van der Waals surface area contributed by atoms with Crippen molar-refractivity contribution in [2.75, 3.05) is 7.11 Å². The minimum absolute atomic E-state index is 0.174. The Morgan fingerprint density at radius 3 is 2.75 bits per heavy atom. The van der Waals surface area contributed by atoms with Gasteiger partial charge in [0.2, 0.25) is 5.88 Å². The number of aromatic carboxylic acids is 1. The summed E-state index contributed by atoms with van der Waals surface area (Å²) in [6, 6.07) is 4.46. The van der Waals surface area contributed by atoms with Gasteiger partial charge in [-0.05, 0) is 6.07 Å². The predicted molar refractivity (Wildman–Crippen MR) is 51.0 cm³/mol. The molecule has 0 atom stereocenters. The standard InChI is InChI=1S/C9H7N3O4/c1-15-8-3-2-5(10-11-8)7-4-6(9(13)14)12-16-7/h2-4H,1H3,(H,13,14). The third-order valence-corrected chi connectivity index (χ3v) is 1.83. The number of aromatic nitrogens is 3. The largest absolute Gasteiger partial charge is 0.480 e. The number of carbonyl (C=O) groups is 1. The van der Waals surface area contributed by atoms with Crippen LogP contribution in [-0.4, -0.2) is 33.5 Å². The van der Waals surface area contributed by atoms with Crippen LogP contribution in [0.15, 0.2) is 22.7 Å². The predicted octanol–water partition coefficient (Wildman–Crippen LogP) is 0.838. The van der Waals surface area contributed by atoms with Gasteiger partial charge in [-0.25, -0.2) is 4.79 Å². The molecular weight excluding hydrogens is 214 g/mol. The fraction of sp³-hybridized carbons (Fsp3) is 0.111. The van der Waals surface area contributed by atoms with E-state index in [9.17, 15) is 4.79 Å². The van der Waals surface area contributed by atoms with Crippen LogP contribution in [0.3, 0.4) is 0 Å². The molecule has 0 amide bonds. The zero-order valence-corrected chi connectivity index (χ0v) is 8.25. The fourth-order valence-corrected chi connectivity index (χ4v) is 1.06. The highest BCUT2D eigenvalue weighted by Crippen LogP contribution is 2.18. The molecule has 16 heavy (non-hydrogen) atoms. The Kier molecular flexibility index (Phi) is 2.50. The molecule has 2 heterocycles. The van der Waals surface area contributed by atoms with Gasteiger partial charge in [0.15, 0.2) is 11.5 Å². The van der Waals surface area contributed by atoms with Crippen LogP contribution in [-0.2, 0) is 0 Å². The maximum absolute atomic E-state index is 10.6. The van der Waals surface area contributed by atoms with E-state index < -0.39 is 5.97 Å². The molecular formula is C9H7N3O4. The van der Waals surface area contributed by atoms with Crippen molar-refractivity contribution < 1.29 is 19.2 Å². The van der Waals surface area contributed by atoms with E-state index in [0.717, 1.165) is 0 Å². The highest BCUT2D eigenvalue weighted by molar-refractivity contribution is 5.86. The Balaban J connectivity index is 2.31. The fourth-order valence-electron chi connectivity index (χ4n) is 1.06. The van der Waals surface area contributed by atoms with E-state index in [-0.39, 0.29) is 11.5 Å². The average Bonchev–Trinajstić information content (AvgIpc) is 2.78. The molecule has 0 aliphatic heterocycles. The minimum atomic E-state index is -1.16. The molecule has 1 N–H and O–H groups in total. The van der Waals surface area contributed by atoms with Gasteiger partial charge in [0.1, 0.15) is 5.69 Å². The van der Waals surface area contributed by atoms with Crippen molar-refractivity contribution in [3.8, 4) is 17.3 Å². The van der Waals surface area contributed by atoms with Crippen LogP contribution < -0.4 is 4.74 Å². The first-order valence-electron chi connectivity index (χ1n) is 4.29. The van der Waals surface area contributed by atoms with E-state index >= 15 is 0 Å². The van der Waals surface area contributed by atoms with Crippen LogP contribution in [0.5, 0.6) is 5.88 Å². The van der Waals surface area contributed by atoms with Crippen LogP contribution in [0.1, 0.15) is 10.5 Å². The molecule has 0 fully saturated rings. The summed E-state index contributed by atoms with van der Waals surface area (Å²) in [6.07, 6.45) is 0. The number of ether oxygens (including phenoxy) is 1. The van der Waals surface area contributed by atoms with Gasteiger partial charge in [-0.2, -0.15) is 0 Å². The zero-order chi connectivity index (χ0) is 11.5. The normalized spacial score (nSPS) is 10.1. The zero-order valence-electron chi connectivity index (χ0n) is 8.25. The van der Waals surface area contributed by atoms with Crippen LogP contribution in [0.2, 0.25) is 0 Å². The molecule has 0 bridgehead atoms. The first-order valence-corrected chi connectivity index (χ1v) is 4.29. The number of rotatable bonds is 3. The highest BCUT2D eigenvalue weighted by atomic mass is 16.5. The summed E-state index contributed by atoms with van der Waals surface area (Å²) in [7, 11) is 1.47. The molecule has 7 nitrogen and oxygen atoms in total. The minimum Gasteiger partial charge on any atom is -0.480 e. The number of methoxy groups -OCH3 is 1. The molecule has 0 radical (unpaired) electrons. The van der Waals surface area contributed by atoms with Crippen molar-refractivity contribution in [3.05, 3.63) is 23.9 Å². The molecule has 0 aliphatic carbocycles. The summed E-state index contributed by atoms with van der Waals surface area (Å²) in [5, 5.41) is 19.5. The SMILES string of the molecule is COc1ccc(-c2cc(C(=O)O)no2)nn1. The van der Waals surface area contributed by atoms with E-state index in [4.69, 9.17) is 14.4 Å². The van der Waals surface area contributed by atoms with Gasteiger partial charge < -0.3 is 14.4 Å². The monoisotopic (exact) mass is 221 g/mol. The number of nitrogens with zero attached hydrogens (tertiary/aromatic N) is 3. The third-order valence-electron chi connectivity index (χ3n) is 1.83. The van der Waals surface area contributed by atoms with Gasteiger partial charge in [-0.1, -0.05) is 5.16 Å². The molecule has 82 valence electrons. The molecule has 0 saturated heterocycles. The topological polar surface area (TPSA) is 98.3 Å². The summed E-state index contributed by atoms with van der Waals surface area (Å²) >= 11 is 0. The van der Waals surface area contributed by atoms with E-state index in [2.05, 4.69) is 15.4 Å². The first kappa shape index (κ1) is 10.1. The molecule has 2 aromatic heterocycles. The highest BCUT2D eigenvalue weighted by Gasteiger charge is 2.13. The lowest BCUT2D eigenvalue weighted by Gasteiger charge is -1.96. The Labute approximate surface area is 89.7 Å². The van der Waals surface area contributed by atoms with Crippen molar-refractivity contribution in [1.82, 2.24) is 15.4 Å². The van der Waals surface area contributed by atoms with Gasteiger partial charge in [0.05, 0.1) is 7.11 Å². The Morgan fingerprint density at radius 1 is 1.44 bits per heavy atom. The lowest BCUT2D eigenvalue weighted by Crippen LogP contribution is -1.94. The van der Waals surface area contributed by atoms with E-state index in [1.165, 1.54) is 13.2 Å². The summed E-state index contributed by atoms with van der Waals surface area (Å²) < 4.78 is 9.65. The second kappa shape index (κ2) is 3.97. The lowest BCUT2D eigenvalue weighted by atomic mass is 10.3. The average molecular weight is 221 g/mol. The Hall–Kier alpha value is -2.44. The van der Waals surface area contributed by atoms with Gasteiger partial charge in [-0.15, -0.1) is 10.2 Å². The number of carboxylic acids is 1. The lowest BCUT2D eigenvalue weighted by molar-refractivity contribution is 0.0686. The molecule has 7 heteroatoms. The molecule has 0 saturated carbocycles. The smallest absolute Gasteiger partial charge is 0.358 e. The van der Waals surface area contributed by atoms with Crippen LogP contribution >= 0.6 is 0 Å². The van der Waals surface area contributed by atoms with Crippen LogP contribution in [0, 0.1) is 0 Å². The maximum atomic E-state index is 10.6. The van der Waals surface area contributed by atoms with Crippen LogP contribution in [0.25, 0.3) is 11.5 Å². The van der Waals surface area contributed by atoms with E-state index in [1.807, 2.05) is 0 Å². The molecule has 2 aromatic rings. The van der Waals surface area contributed by atoms with Crippen molar-refractivity contribution in [2.24, 2.45) is 0 Å². The Bertz CT molecular complexity index is 506. The van der Waals surface area contributed by atoms with E-state index in [1.54, 1.807) is 12.1 Å². The third kappa shape index (κ3) is 1.83. The number of carboxylic acid groups (broad SMARTS) is 1. The second-order valence-electron chi connectivity index (χ2n) is 2.84. The van der Waals surface area contributed by atoms with Crippen molar-refractivity contribution >= 4 is 5.97 Å². The summed E-state index contributed by atoms with van der Waals surface area (Å²) in [5.41, 5.74) is 0.216. The van der Waals surface area contributed by atoms with Gasteiger partial charge in [0.25, 0.3) is 0 Å².